The summed E-state index contributed by atoms with van der Waals surface area (Å²) in [4.78, 5) is 0. The molecule has 8 heteroatoms. The van der Waals surface area contributed by atoms with Crippen LogP contribution in [-0.2, 0) is 0 Å². The summed E-state index contributed by atoms with van der Waals surface area (Å²) in [6, 6.07) is 11.3. The Kier molecular flexibility index (Phi) is 4.90. The molecule has 3 aromatic rings. The van der Waals surface area contributed by atoms with Crippen molar-refractivity contribution in [2.45, 2.75) is 0 Å². The van der Waals surface area contributed by atoms with Gasteiger partial charge in [0.25, 0.3) is 0 Å². The molecule has 1 aromatic heterocycles. The second-order valence-electron chi connectivity index (χ2n) is 5.02. The molecular weight excluding hydrogens is 343 g/mol. The smallest absolute Gasteiger partial charge is 0.216 e. The fourth-order valence-electron chi connectivity index (χ4n) is 2.24. The molecule has 0 aliphatic rings. The van der Waals surface area contributed by atoms with E-state index in [1.54, 1.807) is 50.8 Å². The highest BCUT2D eigenvalue weighted by molar-refractivity contribution is 7.71. The van der Waals surface area contributed by atoms with Crippen molar-refractivity contribution >= 4 is 18.4 Å². The maximum Gasteiger partial charge on any atom is 0.216 e. The van der Waals surface area contributed by atoms with Crippen molar-refractivity contribution in [1.29, 1.82) is 0 Å². The maximum absolute atomic E-state index is 13.1. The Balaban J connectivity index is 2.01. The van der Waals surface area contributed by atoms with Gasteiger partial charge >= 0.3 is 0 Å². The topological polar surface area (TPSA) is 64.4 Å². The molecule has 0 aliphatic heterocycles. The molecule has 0 aliphatic carbocycles. The zero-order valence-electron chi connectivity index (χ0n) is 13.6. The van der Waals surface area contributed by atoms with Gasteiger partial charge in [-0.25, -0.2) is 9.49 Å². The van der Waals surface area contributed by atoms with Gasteiger partial charge in [0, 0.05) is 11.1 Å². The van der Waals surface area contributed by atoms with Crippen molar-refractivity contribution in [3.8, 4) is 22.9 Å². The lowest BCUT2D eigenvalue weighted by Crippen LogP contribution is -1.97. The lowest BCUT2D eigenvalue weighted by Gasteiger charge is -2.07. The molecule has 6 nitrogen and oxygen atoms in total. The Morgan fingerprint density at radius 1 is 1.16 bits per heavy atom. The standard InChI is InChI=1S/C17H15FN4O2S/c1-23-14-7-8-15(24-2)12(9-14)10-19-22-16(20-21-17(22)25)11-3-5-13(18)6-4-11/h3-10H,1-2H3,(H,21,25)/b19-10-. The molecule has 1 heterocycles. The van der Waals surface area contributed by atoms with E-state index in [1.165, 1.54) is 16.8 Å². The normalized spacial score (nSPS) is 11.0. The minimum Gasteiger partial charge on any atom is -0.497 e. The fraction of sp³-hybridized carbons (Fsp3) is 0.118. The number of rotatable bonds is 5. The molecule has 3 rings (SSSR count). The molecule has 0 saturated carbocycles. The lowest BCUT2D eigenvalue weighted by molar-refractivity contribution is 0.402. The Labute approximate surface area is 148 Å². The van der Waals surface area contributed by atoms with Crippen LogP contribution >= 0.6 is 12.2 Å². The van der Waals surface area contributed by atoms with Gasteiger partial charge in [0.1, 0.15) is 17.3 Å². The monoisotopic (exact) mass is 358 g/mol. The average Bonchev–Trinajstić information content (AvgIpc) is 3.01. The van der Waals surface area contributed by atoms with Crippen LogP contribution in [0.5, 0.6) is 11.5 Å². The number of nitrogens with one attached hydrogen (secondary N) is 1. The molecule has 0 atom stereocenters. The quantitative estimate of drug-likeness (QED) is 0.559. The van der Waals surface area contributed by atoms with Crippen LogP contribution in [-0.4, -0.2) is 35.3 Å². The van der Waals surface area contributed by atoms with Crippen LogP contribution in [0.25, 0.3) is 11.4 Å². The summed E-state index contributed by atoms with van der Waals surface area (Å²) in [5, 5.41) is 11.2. The Morgan fingerprint density at radius 3 is 2.60 bits per heavy atom. The van der Waals surface area contributed by atoms with E-state index in [0.717, 1.165) is 5.56 Å². The van der Waals surface area contributed by atoms with Crippen molar-refractivity contribution in [3.63, 3.8) is 0 Å². The minimum atomic E-state index is -0.325. The van der Waals surface area contributed by atoms with E-state index < -0.39 is 0 Å². The lowest BCUT2D eigenvalue weighted by atomic mass is 10.2. The van der Waals surface area contributed by atoms with E-state index in [2.05, 4.69) is 15.3 Å². The molecular formula is C17H15FN4O2S. The molecule has 0 spiro atoms. The van der Waals surface area contributed by atoms with Crippen molar-refractivity contribution in [1.82, 2.24) is 14.9 Å². The Morgan fingerprint density at radius 2 is 1.92 bits per heavy atom. The maximum atomic E-state index is 13.1. The number of hydrogen-bond donors (Lipinski definition) is 1. The zero-order chi connectivity index (χ0) is 17.8. The number of nitrogens with zero attached hydrogens (tertiary/aromatic N) is 3. The molecule has 25 heavy (non-hydrogen) atoms. The number of methoxy groups -OCH3 is 2. The van der Waals surface area contributed by atoms with Gasteiger partial charge in [0.2, 0.25) is 4.77 Å². The second kappa shape index (κ2) is 7.27. The zero-order valence-corrected chi connectivity index (χ0v) is 14.4. The van der Waals surface area contributed by atoms with E-state index in [1.807, 2.05) is 0 Å². The highest BCUT2D eigenvalue weighted by Crippen LogP contribution is 2.23. The largest absolute Gasteiger partial charge is 0.497 e. The second-order valence-corrected chi connectivity index (χ2v) is 5.41. The first kappa shape index (κ1) is 16.8. The van der Waals surface area contributed by atoms with Gasteiger partial charge in [-0.05, 0) is 54.7 Å². The van der Waals surface area contributed by atoms with Crippen LogP contribution in [0.3, 0.4) is 0 Å². The van der Waals surface area contributed by atoms with Crippen LogP contribution in [0.15, 0.2) is 47.6 Å². The molecule has 0 radical (unpaired) electrons. The van der Waals surface area contributed by atoms with E-state index >= 15 is 0 Å². The van der Waals surface area contributed by atoms with E-state index in [0.29, 0.717) is 27.7 Å². The van der Waals surface area contributed by atoms with Crippen molar-refractivity contribution in [2.75, 3.05) is 14.2 Å². The number of halogens is 1. The Hall–Kier alpha value is -3.00. The summed E-state index contributed by atoms with van der Waals surface area (Å²) in [5.74, 6) is 1.47. The van der Waals surface area contributed by atoms with Crippen molar-refractivity contribution in [3.05, 3.63) is 58.6 Å². The number of hydrogen-bond acceptors (Lipinski definition) is 5. The summed E-state index contributed by atoms with van der Waals surface area (Å²) >= 11 is 5.23. The SMILES string of the molecule is COc1ccc(OC)c(/C=N\n2c(-c3ccc(F)cc3)n[nH]c2=S)c1. The van der Waals surface area contributed by atoms with Gasteiger partial charge in [0.05, 0.1) is 20.4 Å². The molecule has 128 valence electrons. The summed E-state index contributed by atoms with van der Waals surface area (Å²) in [6.07, 6.45) is 1.60. The fourth-order valence-corrected chi connectivity index (χ4v) is 2.42. The van der Waals surface area contributed by atoms with E-state index in [9.17, 15) is 4.39 Å². The average molecular weight is 358 g/mol. The van der Waals surface area contributed by atoms with E-state index in [4.69, 9.17) is 21.7 Å². The Bertz CT molecular complexity index is 964. The van der Waals surface area contributed by atoms with Gasteiger partial charge in [-0.1, -0.05) is 0 Å². The van der Waals surface area contributed by atoms with Crippen molar-refractivity contribution in [2.24, 2.45) is 5.10 Å². The van der Waals surface area contributed by atoms with Crippen LogP contribution in [0.4, 0.5) is 4.39 Å². The first-order valence-electron chi connectivity index (χ1n) is 7.32. The third-order valence-corrected chi connectivity index (χ3v) is 3.77. The number of aromatic amines is 1. The van der Waals surface area contributed by atoms with Crippen LogP contribution < -0.4 is 9.47 Å². The van der Waals surface area contributed by atoms with Crippen LogP contribution in [0.2, 0.25) is 0 Å². The predicted octanol–water partition coefficient (Wildman–Crippen LogP) is 3.65. The summed E-state index contributed by atoms with van der Waals surface area (Å²) in [5.41, 5.74) is 1.40. The molecule has 0 amide bonds. The van der Waals surface area contributed by atoms with Crippen LogP contribution in [0.1, 0.15) is 5.56 Å². The van der Waals surface area contributed by atoms with Crippen LogP contribution in [0, 0.1) is 10.6 Å². The predicted molar refractivity (Wildman–Crippen MR) is 95.3 cm³/mol. The molecule has 0 saturated heterocycles. The highest BCUT2D eigenvalue weighted by Gasteiger charge is 2.09. The minimum absolute atomic E-state index is 0.317. The number of aromatic nitrogens is 3. The summed E-state index contributed by atoms with van der Waals surface area (Å²) in [7, 11) is 3.16. The third-order valence-electron chi connectivity index (χ3n) is 3.50. The third kappa shape index (κ3) is 3.58. The molecule has 1 N–H and O–H groups in total. The molecule has 2 aromatic carbocycles. The first-order chi connectivity index (χ1) is 12.1. The van der Waals surface area contributed by atoms with Gasteiger partial charge in [-0.2, -0.15) is 14.9 Å². The summed E-state index contributed by atoms with van der Waals surface area (Å²) < 4.78 is 25.4. The van der Waals surface area contributed by atoms with Gasteiger partial charge < -0.3 is 9.47 Å². The number of benzene rings is 2. The number of ether oxygens (including phenoxy) is 2. The van der Waals surface area contributed by atoms with Gasteiger partial charge in [-0.3, -0.25) is 0 Å². The molecule has 0 fully saturated rings. The molecule has 0 bridgehead atoms. The highest BCUT2D eigenvalue weighted by atomic mass is 32.1. The van der Waals surface area contributed by atoms with Crippen molar-refractivity contribution < 1.29 is 13.9 Å². The number of H-pyrrole nitrogens is 1. The van der Waals surface area contributed by atoms with Gasteiger partial charge in [-0.15, -0.1) is 0 Å². The first-order valence-corrected chi connectivity index (χ1v) is 7.73. The van der Waals surface area contributed by atoms with E-state index in [-0.39, 0.29) is 5.82 Å². The molecule has 0 unspecified atom stereocenters. The van der Waals surface area contributed by atoms with Gasteiger partial charge in [0.15, 0.2) is 5.82 Å². The summed E-state index contributed by atoms with van der Waals surface area (Å²) in [6.45, 7) is 0.